The zero-order valence-corrected chi connectivity index (χ0v) is 9.53. The van der Waals surface area contributed by atoms with Crippen molar-refractivity contribution < 1.29 is 64.3 Å². The van der Waals surface area contributed by atoms with Crippen molar-refractivity contribution in [3.63, 3.8) is 0 Å². The number of nitrogens with one attached hydrogen (secondary N) is 1. The van der Waals surface area contributed by atoms with Gasteiger partial charge in [0.25, 0.3) is 0 Å². The second-order valence-electron chi connectivity index (χ2n) is 2.31. The molecule has 0 aliphatic carbocycles. The zero-order chi connectivity index (χ0) is 7.61. The minimum atomic E-state index is -4.71. The molecule has 0 atom stereocenters. The normalized spacial score (nSPS) is 18.6. The van der Waals surface area contributed by atoms with E-state index in [1.54, 1.807) is 0 Å². The standard InChI is InChI=1S/C5H8BF3N.K/c7-6(8,9)5-1-3-10-4-2-5;/h1,10H,2-4H2;/q-1;+1. The van der Waals surface area contributed by atoms with Gasteiger partial charge in [0.2, 0.25) is 0 Å². The number of hydrogen-bond donors (Lipinski definition) is 1. The average Bonchev–Trinajstić information content (AvgIpc) is 1.88. The number of rotatable bonds is 1. The predicted octanol–water partition coefficient (Wildman–Crippen LogP) is -1.70. The van der Waals surface area contributed by atoms with Gasteiger partial charge in [0.05, 0.1) is 0 Å². The van der Waals surface area contributed by atoms with Gasteiger partial charge in [-0.2, -0.15) is 0 Å². The second-order valence-corrected chi connectivity index (χ2v) is 2.31. The SMILES string of the molecule is F[B-](F)(F)C1=CCNCC1.[K+]. The smallest absolute Gasteiger partial charge is 0.445 e. The third-order valence-electron chi connectivity index (χ3n) is 1.52. The third kappa shape index (κ3) is 4.10. The Morgan fingerprint density at radius 1 is 1.36 bits per heavy atom. The first-order valence-corrected chi connectivity index (χ1v) is 3.20. The summed E-state index contributed by atoms with van der Waals surface area (Å²) in [7, 11) is 0. The van der Waals surface area contributed by atoms with Crippen LogP contribution in [0.5, 0.6) is 0 Å². The molecule has 6 heteroatoms. The van der Waals surface area contributed by atoms with Gasteiger partial charge in [-0.15, -0.1) is 11.5 Å². The Balaban J connectivity index is 0.000001000. The monoisotopic (exact) mass is 189 g/mol. The summed E-state index contributed by atoms with van der Waals surface area (Å²) in [6, 6.07) is 0. The van der Waals surface area contributed by atoms with Gasteiger partial charge in [0, 0.05) is 6.54 Å². The summed E-state index contributed by atoms with van der Waals surface area (Å²) in [6.07, 6.45) is 1.35. The van der Waals surface area contributed by atoms with Crippen LogP contribution < -0.4 is 56.7 Å². The number of hydrogen-bond acceptors (Lipinski definition) is 1. The van der Waals surface area contributed by atoms with Crippen LogP contribution in [0.2, 0.25) is 0 Å². The summed E-state index contributed by atoms with van der Waals surface area (Å²) in [5.74, 6) is 0. The molecular weight excluding hydrogens is 181 g/mol. The van der Waals surface area contributed by atoms with E-state index in [1.165, 1.54) is 6.08 Å². The molecule has 1 nitrogen and oxygen atoms in total. The van der Waals surface area contributed by atoms with Gasteiger partial charge in [-0.1, -0.05) is 0 Å². The van der Waals surface area contributed by atoms with Gasteiger partial charge in [-0.05, 0) is 13.0 Å². The fourth-order valence-electron chi connectivity index (χ4n) is 0.937. The van der Waals surface area contributed by atoms with E-state index in [2.05, 4.69) is 5.32 Å². The molecule has 0 aromatic heterocycles. The predicted molar refractivity (Wildman–Crippen MR) is 34.6 cm³/mol. The molecule has 0 fully saturated rings. The molecule has 11 heavy (non-hydrogen) atoms. The molecule has 0 bridgehead atoms. The Labute approximate surface area is 106 Å². The van der Waals surface area contributed by atoms with Crippen LogP contribution in [0.3, 0.4) is 0 Å². The number of halogens is 3. The van der Waals surface area contributed by atoms with Gasteiger partial charge in [0.15, 0.2) is 0 Å². The van der Waals surface area contributed by atoms with Gasteiger partial charge >= 0.3 is 58.4 Å². The fraction of sp³-hybridized carbons (Fsp3) is 0.600. The Morgan fingerprint density at radius 3 is 2.27 bits per heavy atom. The van der Waals surface area contributed by atoms with Crippen molar-refractivity contribution in [2.75, 3.05) is 13.1 Å². The molecule has 1 rings (SSSR count). The van der Waals surface area contributed by atoms with E-state index in [0.717, 1.165) is 0 Å². The molecule has 0 aromatic rings. The maximum Gasteiger partial charge on any atom is 1.00 e. The molecule has 0 amide bonds. The van der Waals surface area contributed by atoms with Crippen molar-refractivity contribution in [3.05, 3.63) is 11.5 Å². The molecule has 1 N–H and O–H groups in total. The van der Waals surface area contributed by atoms with Crippen LogP contribution in [0.4, 0.5) is 12.9 Å². The minimum Gasteiger partial charge on any atom is -0.445 e. The average molecular weight is 189 g/mol. The van der Waals surface area contributed by atoms with Gasteiger partial charge < -0.3 is 18.3 Å². The third-order valence-corrected chi connectivity index (χ3v) is 1.52. The second kappa shape index (κ2) is 5.04. The van der Waals surface area contributed by atoms with E-state index in [-0.39, 0.29) is 63.3 Å². The molecule has 0 radical (unpaired) electrons. The maximum absolute atomic E-state index is 11.9. The van der Waals surface area contributed by atoms with Crippen LogP contribution in [0.15, 0.2) is 11.5 Å². The molecular formula is C5H8BF3KN. The molecule has 1 aliphatic heterocycles. The molecule has 0 unspecified atom stereocenters. The van der Waals surface area contributed by atoms with Crippen LogP contribution in [0.1, 0.15) is 6.42 Å². The van der Waals surface area contributed by atoms with E-state index in [4.69, 9.17) is 0 Å². The van der Waals surface area contributed by atoms with Crippen molar-refractivity contribution in [3.8, 4) is 0 Å². The van der Waals surface area contributed by atoms with Crippen LogP contribution >= 0.6 is 0 Å². The Morgan fingerprint density at radius 2 is 2.00 bits per heavy atom. The Hall–Kier alpha value is 1.19. The quantitative estimate of drug-likeness (QED) is 0.484. The maximum atomic E-state index is 11.9. The molecule has 58 valence electrons. The van der Waals surface area contributed by atoms with E-state index in [9.17, 15) is 12.9 Å². The first kappa shape index (κ1) is 12.2. The van der Waals surface area contributed by atoms with Crippen LogP contribution in [-0.4, -0.2) is 20.1 Å². The molecule has 0 aromatic carbocycles. The van der Waals surface area contributed by atoms with E-state index in [0.29, 0.717) is 13.1 Å². The van der Waals surface area contributed by atoms with E-state index in [1.807, 2.05) is 0 Å². The van der Waals surface area contributed by atoms with Crippen molar-refractivity contribution >= 4 is 6.98 Å². The van der Waals surface area contributed by atoms with E-state index < -0.39 is 6.98 Å². The molecule has 0 saturated carbocycles. The zero-order valence-electron chi connectivity index (χ0n) is 6.41. The van der Waals surface area contributed by atoms with Crippen molar-refractivity contribution in [1.29, 1.82) is 0 Å². The van der Waals surface area contributed by atoms with Crippen LogP contribution in [0, 0.1) is 0 Å². The summed E-state index contributed by atoms with van der Waals surface area (Å²) in [4.78, 5) is 0. The van der Waals surface area contributed by atoms with Crippen molar-refractivity contribution in [2.45, 2.75) is 6.42 Å². The van der Waals surface area contributed by atoms with E-state index >= 15 is 0 Å². The Bertz CT molecular complexity index is 156. The molecule has 1 heterocycles. The first-order valence-electron chi connectivity index (χ1n) is 3.20. The van der Waals surface area contributed by atoms with Gasteiger partial charge in [0.1, 0.15) is 0 Å². The summed E-state index contributed by atoms with van der Waals surface area (Å²) in [6.45, 7) is -3.90. The summed E-state index contributed by atoms with van der Waals surface area (Å²) < 4.78 is 35.7. The summed E-state index contributed by atoms with van der Waals surface area (Å²) in [5, 5.41) is 2.82. The Kier molecular flexibility index (Phi) is 5.58. The van der Waals surface area contributed by atoms with Crippen molar-refractivity contribution in [2.24, 2.45) is 0 Å². The summed E-state index contributed by atoms with van der Waals surface area (Å²) >= 11 is 0. The van der Waals surface area contributed by atoms with Gasteiger partial charge in [-0.3, -0.25) is 0 Å². The fourth-order valence-corrected chi connectivity index (χ4v) is 0.937. The molecule has 0 saturated heterocycles. The largest absolute Gasteiger partial charge is 1.00 e. The van der Waals surface area contributed by atoms with Gasteiger partial charge in [-0.25, -0.2) is 0 Å². The topological polar surface area (TPSA) is 12.0 Å². The van der Waals surface area contributed by atoms with Crippen LogP contribution in [0.25, 0.3) is 0 Å². The summed E-state index contributed by atoms with van der Waals surface area (Å²) in [5.41, 5.74) is -0.334. The molecule has 1 aliphatic rings. The van der Waals surface area contributed by atoms with Crippen LogP contribution in [-0.2, 0) is 0 Å². The minimum absolute atomic E-state index is 0. The molecule has 0 spiro atoms. The van der Waals surface area contributed by atoms with Crippen molar-refractivity contribution in [1.82, 2.24) is 5.32 Å². The first-order chi connectivity index (χ1) is 4.61.